The molecule has 18 heavy (non-hydrogen) atoms. The van der Waals surface area contributed by atoms with Gasteiger partial charge in [-0.1, -0.05) is 19.1 Å². The van der Waals surface area contributed by atoms with Crippen molar-refractivity contribution in [3.63, 3.8) is 0 Å². The van der Waals surface area contributed by atoms with E-state index in [9.17, 15) is 9.90 Å². The first-order valence-corrected chi connectivity index (χ1v) is 6.59. The van der Waals surface area contributed by atoms with Gasteiger partial charge in [0.25, 0.3) is 0 Å². The molecule has 0 heterocycles. The molecule has 0 radical (unpaired) electrons. The minimum Gasteiger partial charge on any atom is -0.508 e. The van der Waals surface area contributed by atoms with Gasteiger partial charge in [-0.25, -0.2) is 0 Å². The Labute approximate surface area is 108 Å². The quantitative estimate of drug-likeness (QED) is 0.814. The lowest BCUT2D eigenvalue weighted by molar-refractivity contribution is -0.148. The summed E-state index contributed by atoms with van der Waals surface area (Å²) >= 11 is 0. The van der Waals surface area contributed by atoms with Gasteiger partial charge in [0.05, 0.1) is 12.5 Å². The Morgan fingerprint density at radius 3 is 2.78 bits per heavy atom. The van der Waals surface area contributed by atoms with Gasteiger partial charge >= 0.3 is 5.97 Å². The van der Waals surface area contributed by atoms with Gasteiger partial charge in [-0.15, -0.1) is 0 Å². The van der Waals surface area contributed by atoms with Crippen LogP contribution in [-0.2, 0) is 9.53 Å². The zero-order valence-corrected chi connectivity index (χ0v) is 10.9. The van der Waals surface area contributed by atoms with E-state index in [0.717, 1.165) is 18.4 Å². The normalized spacial score (nSPS) is 18.1. The summed E-state index contributed by atoms with van der Waals surface area (Å²) in [5.41, 5.74) is 1.04. The molecule has 0 aromatic heterocycles. The summed E-state index contributed by atoms with van der Waals surface area (Å²) in [7, 11) is 0. The number of hydrogen-bond donors (Lipinski definition) is 1. The van der Waals surface area contributed by atoms with Crippen molar-refractivity contribution in [1.29, 1.82) is 0 Å². The summed E-state index contributed by atoms with van der Waals surface area (Å²) in [5, 5.41) is 9.57. The topological polar surface area (TPSA) is 46.5 Å². The third-order valence-electron chi connectivity index (χ3n) is 3.58. The number of carbonyl (C=O) groups excluding carboxylic acids is 1. The smallest absolute Gasteiger partial charge is 0.309 e. The maximum atomic E-state index is 11.9. The minimum absolute atomic E-state index is 0.141. The molecule has 1 saturated carbocycles. The average molecular weight is 248 g/mol. The molecular weight excluding hydrogens is 228 g/mol. The largest absolute Gasteiger partial charge is 0.508 e. The fraction of sp³-hybridized carbons (Fsp3) is 0.533. The zero-order valence-electron chi connectivity index (χ0n) is 10.9. The molecule has 0 bridgehead atoms. The molecule has 0 aliphatic heterocycles. The molecule has 1 aliphatic rings. The number of benzene rings is 1. The summed E-state index contributed by atoms with van der Waals surface area (Å²) in [6.45, 7) is 4.16. The first-order chi connectivity index (χ1) is 8.63. The molecule has 0 saturated heterocycles. The lowest BCUT2D eigenvalue weighted by Crippen LogP contribution is -2.23. The lowest BCUT2D eigenvalue weighted by atomic mass is 9.83. The van der Waals surface area contributed by atoms with Crippen molar-refractivity contribution in [2.75, 3.05) is 6.61 Å². The van der Waals surface area contributed by atoms with Crippen molar-refractivity contribution in [2.45, 2.75) is 32.6 Å². The number of carbonyl (C=O) groups is 1. The van der Waals surface area contributed by atoms with Gasteiger partial charge in [0, 0.05) is 0 Å². The zero-order chi connectivity index (χ0) is 13.1. The van der Waals surface area contributed by atoms with Gasteiger partial charge in [-0.3, -0.25) is 4.79 Å². The highest BCUT2D eigenvalue weighted by molar-refractivity contribution is 5.73. The SMILES string of the molecule is CCOC(=O)C(C)C(c1cccc(O)c1)C1CC1. The van der Waals surface area contributed by atoms with E-state index in [1.807, 2.05) is 26.0 Å². The number of phenolic OH excluding ortho intramolecular Hbond substituents is 1. The van der Waals surface area contributed by atoms with Crippen molar-refractivity contribution >= 4 is 5.97 Å². The van der Waals surface area contributed by atoms with Crippen molar-refractivity contribution in [3.05, 3.63) is 29.8 Å². The van der Waals surface area contributed by atoms with E-state index in [-0.39, 0.29) is 23.6 Å². The molecule has 1 aliphatic carbocycles. The minimum atomic E-state index is -0.153. The van der Waals surface area contributed by atoms with Gasteiger partial charge in [-0.05, 0) is 49.3 Å². The van der Waals surface area contributed by atoms with Crippen molar-refractivity contribution in [3.8, 4) is 5.75 Å². The third-order valence-corrected chi connectivity index (χ3v) is 3.58. The van der Waals surface area contributed by atoms with Crippen molar-refractivity contribution in [1.82, 2.24) is 0 Å². The van der Waals surface area contributed by atoms with Gasteiger partial charge in [0.15, 0.2) is 0 Å². The van der Waals surface area contributed by atoms with Gasteiger partial charge < -0.3 is 9.84 Å². The second-order valence-electron chi connectivity index (χ2n) is 5.00. The second kappa shape index (κ2) is 5.42. The highest BCUT2D eigenvalue weighted by atomic mass is 16.5. The summed E-state index contributed by atoms with van der Waals surface area (Å²) < 4.78 is 5.11. The number of rotatable bonds is 5. The van der Waals surface area contributed by atoms with E-state index < -0.39 is 0 Å². The van der Waals surface area contributed by atoms with Crippen LogP contribution in [0.4, 0.5) is 0 Å². The maximum Gasteiger partial charge on any atom is 0.309 e. The Morgan fingerprint density at radius 1 is 1.50 bits per heavy atom. The molecule has 1 aromatic carbocycles. The van der Waals surface area contributed by atoms with E-state index in [4.69, 9.17) is 4.74 Å². The van der Waals surface area contributed by atoms with Gasteiger partial charge in [0.1, 0.15) is 5.75 Å². The van der Waals surface area contributed by atoms with Crippen LogP contribution in [0.3, 0.4) is 0 Å². The van der Waals surface area contributed by atoms with Gasteiger partial charge in [0.2, 0.25) is 0 Å². The Balaban J connectivity index is 2.20. The van der Waals surface area contributed by atoms with Crippen LogP contribution in [0.1, 0.15) is 38.2 Å². The van der Waals surface area contributed by atoms with Crippen LogP contribution in [0.15, 0.2) is 24.3 Å². The molecule has 1 fully saturated rings. The molecule has 0 spiro atoms. The monoisotopic (exact) mass is 248 g/mol. The van der Waals surface area contributed by atoms with Crippen LogP contribution in [0.5, 0.6) is 5.75 Å². The first-order valence-electron chi connectivity index (χ1n) is 6.59. The predicted octanol–water partition coefficient (Wildman–Crippen LogP) is 3.09. The van der Waals surface area contributed by atoms with E-state index in [1.165, 1.54) is 0 Å². The van der Waals surface area contributed by atoms with Crippen LogP contribution in [0, 0.1) is 11.8 Å². The van der Waals surface area contributed by atoms with E-state index in [0.29, 0.717) is 12.5 Å². The maximum absolute atomic E-state index is 11.9. The molecular formula is C15H20O3. The van der Waals surface area contributed by atoms with E-state index >= 15 is 0 Å². The summed E-state index contributed by atoms with van der Waals surface area (Å²) in [5.74, 6) is 0.675. The molecule has 3 nitrogen and oxygen atoms in total. The highest BCUT2D eigenvalue weighted by Crippen LogP contribution is 2.47. The first kappa shape index (κ1) is 12.9. The van der Waals surface area contributed by atoms with Crippen LogP contribution in [0.25, 0.3) is 0 Å². The number of ether oxygens (including phenoxy) is 1. The fourth-order valence-corrected chi connectivity index (χ4v) is 2.58. The molecule has 98 valence electrons. The van der Waals surface area contributed by atoms with Crippen LogP contribution < -0.4 is 0 Å². The number of aromatic hydroxyl groups is 1. The van der Waals surface area contributed by atoms with Crippen LogP contribution in [-0.4, -0.2) is 17.7 Å². The Hall–Kier alpha value is -1.51. The molecule has 2 rings (SSSR count). The van der Waals surface area contributed by atoms with Crippen molar-refractivity contribution < 1.29 is 14.6 Å². The second-order valence-corrected chi connectivity index (χ2v) is 5.00. The average Bonchev–Trinajstić information content (AvgIpc) is 3.14. The Kier molecular flexibility index (Phi) is 3.90. The standard InChI is InChI=1S/C15H20O3/c1-3-18-15(17)10(2)14(11-7-8-11)12-5-4-6-13(16)9-12/h4-6,9-11,14,16H,3,7-8H2,1-2H3. The number of esters is 1. The Bertz CT molecular complexity index is 424. The summed E-state index contributed by atoms with van der Waals surface area (Å²) in [4.78, 5) is 11.9. The lowest BCUT2D eigenvalue weighted by Gasteiger charge is -2.23. The Morgan fingerprint density at radius 2 is 2.22 bits per heavy atom. The molecule has 0 amide bonds. The summed E-state index contributed by atoms with van der Waals surface area (Å²) in [6, 6.07) is 7.23. The van der Waals surface area contributed by atoms with E-state index in [2.05, 4.69) is 0 Å². The molecule has 1 N–H and O–H groups in total. The predicted molar refractivity (Wildman–Crippen MR) is 69.4 cm³/mol. The van der Waals surface area contributed by atoms with Crippen LogP contribution >= 0.6 is 0 Å². The third kappa shape index (κ3) is 2.84. The molecule has 1 aromatic rings. The van der Waals surface area contributed by atoms with E-state index in [1.54, 1.807) is 12.1 Å². The molecule has 3 heteroatoms. The fourth-order valence-electron chi connectivity index (χ4n) is 2.58. The molecule has 2 unspecified atom stereocenters. The highest BCUT2D eigenvalue weighted by Gasteiger charge is 2.39. The number of hydrogen-bond acceptors (Lipinski definition) is 3. The van der Waals surface area contributed by atoms with Gasteiger partial charge in [-0.2, -0.15) is 0 Å². The molecule has 2 atom stereocenters. The van der Waals surface area contributed by atoms with Crippen LogP contribution in [0.2, 0.25) is 0 Å². The number of phenols is 1. The van der Waals surface area contributed by atoms with Crippen molar-refractivity contribution in [2.24, 2.45) is 11.8 Å². The summed E-state index contributed by atoms with van der Waals surface area (Å²) in [6.07, 6.45) is 2.31.